The Bertz CT molecular complexity index is 1900. The first-order valence-electron chi connectivity index (χ1n) is 16.7. The molecule has 0 aromatic heterocycles. The summed E-state index contributed by atoms with van der Waals surface area (Å²) in [6.07, 6.45) is 1.24. The monoisotopic (exact) mass is 700 g/mol. The number of hydrogen-bond donors (Lipinski definition) is 2. The third-order valence-electron chi connectivity index (χ3n) is 11.4. The Morgan fingerprint density at radius 2 is 1.55 bits per heavy atom. The highest BCUT2D eigenvalue weighted by molar-refractivity contribution is 6.31. The number of fused-ring (bicyclic) bond motifs is 3. The number of nitrogens with zero attached hydrogens (tertiary/aromatic N) is 1. The largest absolute Gasteiger partial charge is 0.468 e. The predicted molar refractivity (Wildman–Crippen MR) is 189 cm³/mol. The molecule has 6 nitrogen and oxygen atoms in total. The van der Waals surface area contributed by atoms with Gasteiger partial charge in [0.1, 0.15) is 17.3 Å². The molecule has 2 aliphatic heterocycles. The Morgan fingerprint density at radius 1 is 0.918 bits per heavy atom. The van der Waals surface area contributed by atoms with E-state index in [2.05, 4.69) is 19.2 Å². The summed E-state index contributed by atoms with van der Waals surface area (Å²) in [5.74, 6) is -2.80. The van der Waals surface area contributed by atoms with Gasteiger partial charge in [-0.15, -0.1) is 0 Å². The highest BCUT2D eigenvalue weighted by atomic mass is 35.5. The molecule has 2 spiro atoms. The summed E-state index contributed by atoms with van der Waals surface area (Å²) in [6.45, 7) is 4.40. The number of nitrogens with one attached hydrogen (secondary N) is 1. The lowest BCUT2D eigenvalue weighted by atomic mass is 9.53. The molecular formula is C40H39Cl2FN2O4. The standard InChI is InChI=1S/C40H39Cl2FN2O4/c1-38(2)19-21-39(22-20-38)40(28-18-17-26(41)23-30(28)44-37(40)48)31(27-15-10-16-29(42)32(27)43)34(36(47)49-3)45(39)33(24-11-6-4-7-12-24)35(46)25-13-8-5-9-14-25/h4-18,23,31,33-35,46H,19-22H2,1-3H3,(H,44,48)/t31-,33+,34+,35-,40+/m0/s1. The summed E-state index contributed by atoms with van der Waals surface area (Å²) in [5, 5.41) is 16.0. The second-order valence-corrected chi connectivity index (χ2v) is 15.2. The fraction of sp³-hybridized carbons (Fsp3) is 0.350. The van der Waals surface area contributed by atoms with E-state index in [1.54, 1.807) is 24.3 Å². The summed E-state index contributed by atoms with van der Waals surface area (Å²) in [5.41, 5.74) is -0.0419. The van der Waals surface area contributed by atoms with Gasteiger partial charge in [-0.25, -0.2) is 4.39 Å². The average molecular weight is 702 g/mol. The quantitative estimate of drug-likeness (QED) is 0.197. The van der Waals surface area contributed by atoms with Crippen molar-refractivity contribution in [3.63, 3.8) is 0 Å². The van der Waals surface area contributed by atoms with Crippen LogP contribution in [0.5, 0.6) is 0 Å². The molecular weight excluding hydrogens is 662 g/mol. The fourth-order valence-corrected chi connectivity index (χ4v) is 9.53. The maximum Gasteiger partial charge on any atom is 0.323 e. The van der Waals surface area contributed by atoms with Crippen LogP contribution in [0.3, 0.4) is 0 Å². The first-order valence-corrected chi connectivity index (χ1v) is 17.4. The molecule has 2 heterocycles. The molecule has 1 amide bonds. The number of amides is 1. The molecule has 49 heavy (non-hydrogen) atoms. The zero-order valence-electron chi connectivity index (χ0n) is 27.6. The van der Waals surface area contributed by atoms with Gasteiger partial charge in [-0.2, -0.15) is 0 Å². The second-order valence-electron chi connectivity index (χ2n) is 14.4. The normalized spacial score (nSPS) is 25.2. The smallest absolute Gasteiger partial charge is 0.323 e. The van der Waals surface area contributed by atoms with Crippen molar-refractivity contribution in [3.8, 4) is 0 Å². The highest BCUT2D eigenvalue weighted by Gasteiger charge is 2.77. The lowest BCUT2D eigenvalue weighted by molar-refractivity contribution is -0.153. The summed E-state index contributed by atoms with van der Waals surface area (Å²) >= 11 is 13.0. The Morgan fingerprint density at radius 3 is 2.18 bits per heavy atom. The van der Waals surface area contributed by atoms with Crippen LogP contribution in [0, 0.1) is 11.2 Å². The van der Waals surface area contributed by atoms with Crippen LogP contribution in [0.1, 0.15) is 79.8 Å². The van der Waals surface area contributed by atoms with Crippen LogP contribution in [-0.2, 0) is 19.7 Å². The van der Waals surface area contributed by atoms with Crippen LogP contribution in [0.25, 0.3) is 0 Å². The van der Waals surface area contributed by atoms with E-state index in [1.807, 2.05) is 71.6 Å². The topological polar surface area (TPSA) is 78.9 Å². The van der Waals surface area contributed by atoms with Gasteiger partial charge in [0.05, 0.1) is 24.3 Å². The lowest BCUT2D eigenvalue weighted by Gasteiger charge is -2.56. The maximum absolute atomic E-state index is 16.6. The molecule has 2 fully saturated rings. The van der Waals surface area contributed by atoms with Gasteiger partial charge >= 0.3 is 5.97 Å². The highest BCUT2D eigenvalue weighted by Crippen LogP contribution is 2.70. The number of rotatable bonds is 6. The maximum atomic E-state index is 16.6. The number of hydrogen-bond acceptors (Lipinski definition) is 5. The fourth-order valence-electron chi connectivity index (χ4n) is 9.18. The van der Waals surface area contributed by atoms with E-state index >= 15 is 9.18 Å². The van der Waals surface area contributed by atoms with Crippen LogP contribution in [0.2, 0.25) is 10.0 Å². The van der Waals surface area contributed by atoms with Gasteiger partial charge in [-0.05, 0) is 71.6 Å². The van der Waals surface area contributed by atoms with Gasteiger partial charge in [-0.3, -0.25) is 14.5 Å². The number of benzene rings is 4. The van der Waals surface area contributed by atoms with Gasteiger partial charge in [-0.1, -0.05) is 116 Å². The van der Waals surface area contributed by atoms with Gasteiger partial charge in [0, 0.05) is 22.2 Å². The van der Waals surface area contributed by atoms with E-state index in [1.165, 1.54) is 13.2 Å². The van der Waals surface area contributed by atoms with Crippen molar-refractivity contribution in [1.29, 1.82) is 0 Å². The van der Waals surface area contributed by atoms with Crippen LogP contribution < -0.4 is 5.32 Å². The lowest BCUT2D eigenvalue weighted by Crippen LogP contribution is -2.63. The third-order valence-corrected chi connectivity index (χ3v) is 11.9. The first kappa shape index (κ1) is 33.7. The number of aliphatic hydroxyl groups excluding tert-OH is 1. The number of ether oxygens (including phenoxy) is 1. The molecule has 2 N–H and O–H groups in total. The van der Waals surface area contributed by atoms with Crippen molar-refractivity contribution in [2.24, 2.45) is 5.41 Å². The van der Waals surface area contributed by atoms with Crippen LogP contribution in [0.4, 0.5) is 10.1 Å². The first-order chi connectivity index (χ1) is 23.5. The third kappa shape index (κ3) is 5.12. The number of methoxy groups -OCH3 is 1. The average Bonchev–Trinajstić information content (AvgIpc) is 3.53. The van der Waals surface area contributed by atoms with E-state index in [4.69, 9.17) is 27.9 Å². The molecule has 4 aromatic rings. The molecule has 3 aliphatic rings. The molecule has 1 saturated heterocycles. The molecule has 7 rings (SSSR count). The van der Waals surface area contributed by atoms with Crippen LogP contribution in [0.15, 0.2) is 97.1 Å². The number of likely N-dealkylation sites (tertiary alicyclic amines) is 1. The zero-order valence-corrected chi connectivity index (χ0v) is 29.1. The number of carbonyl (C=O) groups is 2. The molecule has 1 saturated carbocycles. The van der Waals surface area contributed by atoms with Crippen molar-refractivity contribution < 1.29 is 23.8 Å². The van der Waals surface area contributed by atoms with E-state index in [0.717, 1.165) is 5.56 Å². The number of halogens is 3. The minimum absolute atomic E-state index is 0.0730. The number of aliphatic hydroxyl groups is 1. The van der Waals surface area contributed by atoms with E-state index in [-0.39, 0.29) is 21.9 Å². The SMILES string of the molecule is COC(=O)[C@H]1[C@H](c2cccc(Cl)c2F)[C@]2(C(=O)Nc3cc(Cl)ccc32)C2(CCC(C)(C)CC2)N1[C@H](c1ccccc1)[C@@H](O)c1ccccc1. The van der Waals surface area contributed by atoms with Gasteiger partial charge in [0.2, 0.25) is 5.91 Å². The van der Waals surface area contributed by atoms with E-state index in [0.29, 0.717) is 47.5 Å². The summed E-state index contributed by atoms with van der Waals surface area (Å²) in [7, 11) is 1.31. The summed E-state index contributed by atoms with van der Waals surface area (Å²) in [4.78, 5) is 31.9. The summed E-state index contributed by atoms with van der Waals surface area (Å²) < 4.78 is 22.3. The minimum Gasteiger partial charge on any atom is -0.468 e. The number of carbonyl (C=O) groups excluding carboxylic acids is 2. The Balaban J connectivity index is 1.63. The Kier molecular flexibility index (Phi) is 8.63. The predicted octanol–water partition coefficient (Wildman–Crippen LogP) is 8.78. The van der Waals surface area contributed by atoms with E-state index in [9.17, 15) is 9.90 Å². The van der Waals surface area contributed by atoms with Crippen molar-refractivity contribution in [2.45, 2.75) is 74.6 Å². The Hall–Kier alpha value is -3.75. The van der Waals surface area contributed by atoms with Gasteiger partial charge in [0.15, 0.2) is 0 Å². The molecule has 1 aliphatic carbocycles. The van der Waals surface area contributed by atoms with Crippen molar-refractivity contribution in [3.05, 3.63) is 135 Å². The Labute approximate surface area is 296 Å². The van der Waals surface area contributed by atoms with Gasteiger partial charge in [0.25, 0.3) is 0 Å². The van der Waals surface area contributed by atoms with Crippen molar-refractivity contribution in [2.75, 3.05) is 12.4 Å². The van der Waals surface area contributed by atoms with Crippen LogP contribution in [-0.4, -0.2) is 40.6 Å². The molecule has 5 atom stereocenters. The summed E-state index contributed by atoms with van der Waals surface area (Å²) in [6, 6.07) is 26.8. The zero-order chi connectivity index (χ0) is 34.7. The van der Waals surface area contributed by atoms with Gasteiger partial charge < -0.3 is 15.2 Å². The minimum atomic E-state index is -1.52. The number of esters is 1. The molecule has 0 unspecified atom stereocenters. The van der Waals surface area contributed by atoms with Crippen molar-refractivity contribution in [1.82, 2.24) is 4.90 Å². The molecule has 254 valence electrons. The second kappa shape index (κ2) is 12.5. The number of anilines is 1. The van der Waals surface area contributed by atoms with Crippen LogP contribution >= 0.6 is 23.2 Å². The van der Waals surface area contributed by atoms with Crippen molar-refractivity contribution >= 4 is 40.8 Å². The molecule has 4 aromatic carbocycles. The molecule has 0 radical (unpaired) electrons. The molecule has 9 heteroatoms. The van der Waals surface area contributed by atoms with E-state index < -0.39 is 46.8 Å². The molecule has 0 bridgehead atoms.